The molecule has 6 nitrogen and oxygen atoms in total. The van der Waals surface area contributed by atoms with Crippen LogP contribution in [0.25, 0.3) is 0 Å². The lowest BCUT2D eigenvalue weighted by molar-refractivity contribution is -0.152. The molecular formula is C23H29NO5. The lowest BCUT2D eigenvalue weighted by atomic mass is 9.84. The first-order chi connectivity index (χ1) is 13.5. The van der Waals surface area contributed by atoms with Gasteiger partial charge in [-0.1, -0.05) is 37.6 Å². The van der Waals surface area contributed by atoms with E-state index in [-0.39, 0.29) is 11.3 Å². The van der Waals surface area contributed by atoms with Crippen molar-refractivity contribution in [1.82, 2.24) is 5.32 Å². The molecule has 0 atom stereocenters. The molecule has 2 aromatic carbocycles. The average Bonchev–Trinajstić information content (AvgIpc) is 2.66. The van der Waals surface area contributed by atoms with Gasteiger partial charge in [0.25, 0.3) is 5.91 Å². The van der Waals surface area contributed by atoms with Crippen molar-refractivity contribution in [2.24, 2.45) is 0 Å². The van der Waals surface area contributed by atoms with Crippen molar-refractivity contribution in [2.75, 3.05) is 13.7 Å². The van der Waals surface area contributed by atoms with Crippen molar-refractivity contribution in [3.05, 3.63) is 59.2 Å². The smallest absolute Gasteiger partial charge is 0.347 e. The van der Waals surface area contributed by atoms with E-state index < -0.39 is 11.6 Å². The highest BCUT2D eigenvalue weighted by Crippen LogP contribution is 2.27. The molecule has 29 heavy (non-hydrogen) atoms. The van der Waals surface area contributed by atoms with Crippen LogP contribution in [-0.2, 0) is 10.2 Å². The topological polar surface area (TPSA) is 84.9 Å². The Morgan fingerprint density at radius 1 is 1.03 bits per heavy atom. The number of rotatable bonds is 8. The van der Waals surface area contributed by atoms with Crippen molar-refractivity contribution in [3.8, 4) is 11.5 Å². The third kappa shape index (κ3) is 5.50. The predicted octanol–water partition coefficient (Wildman–Crippen LogP) is 3.95. The van der Waals surface area contributed by atoms with Crippen LogP contribution in [-0.4, -0.2) is 36.2 Å². The quantitative estimate of drug-likeness (QED) is 0.702. The van der Waals surface area contributed by atoms with Gasteiger partial charge in [-0.05, 0) is 50.6 Å². The molecule has 2 aromatic rings. The molecule has 0 saturated carbocycles. The summed E-state index contributed by atoms with van der Waals surface area (Å²) in [7, 11) is 1.54. The highest BCUT2D eigenvalue weighted by atomic mass is 16.5. The van der Waals surface area contributed by atoms with Gasteiger partial charge in [-0.2, -0.15) is 0 Å². The van der Waals surface area contributed by atoms with E-state index in [9.17, 15) is 14.7 Å². The molecule has 6 heteroatoms. The van der Waals surface area contributed by atoms with Gasteiger partial charge in [-0.15, -0.1) is 0 Å². The second-order valence-corrected chi connectivity index (χ2v) is 8.21. The fourth-order valence-corrected chi connectivity index (χ4v) is 2.81. The molecule has 0 radical (unpaired) electrons. The van der Waals surface area contributed by atoms with Crippen LogP contribution >= 0.6 is 0 Å². The van der Waals surface area contributed by atoms with Gasteiger partial charge in [0.1, 0.15) is 11.5 Å². The Labute approximate surface area is 171 Å². The molecule has 0 aliphatic carbocycles. The van der Waals surface area contributed by atoms with E-state index in [4.69, 9.17) is 9.47 Å². The summed E-state index contributed by atoms with van der Waals surface area (Å²) in [4.78, 5) is 23.9. The fraction of sp³-hybridized carbons (Fsp3) is 0.391. The van der Waals surface area contributed by atoms with Crippen LogP contribution in [0.3, 0.4) is 0 Å². The summed E-state index contributed by atoms with van der Waals surface area (Å²) in [5, 5.41) is 12.2. The van der Waals surface area contributed by atoms with Gasteiger partial charge in [0.15, 0.2) is 5.60 Å². The maximum absolute atomic E-state index is 12.7. The van der Waals surface area contributed by atoms with Crippen molar-refractivity contribution >= 4 is 11.9 Å². The minimum atomic E-state index is -1.31. The van der Waals surface area contributed by atoms with E-state index in [0.717, 1.165) is 11.1 Å². The summed E-state index contributed by atoms with van der Waals surface area (Å²) in [5.74, 6) is -0.211. The van der Waals surface area contributed by atoms with Crippen LogP contribution in [0.5, 0.6) is 11.5 Å². The van der Waals surface area contributed by atoms with Crippen molar-refractivity contribution in [1.29, 1.82) is 0 Å². The normalized spacial score (nSPS) is 11.7. The van der Waals surface area contributed by atoms with E-state index >= 15 is 0 Å². The monoisotopic (exact) mass is 399 g/mol. The largest absolute Gasteiger partial charge is 0.496 e. The molecule has 0 unspecified atom stereocenters. The lowest BCUT2D eigenvalue weighted by Gasteiger charge is -2.27. The molecule has 2 N–H and O–H groups in total. The van der Waals surface area contributed by atoms with Crippen LogP contribution in [0.1, 0.15) is 49.2 Å². The second kappa shape index (κ2) is 8.55. The number of aryl methyl sites for hydroxylation is 1. The lowest BCUT2D eigenvalue weighted by Crippen LogP contribution is -2.38. The van der Waals surface area contributed by atoms with E-state index in [1.165, 1.54) is 13.8 Å². The Kier molecular flexibility index (Phi) is 6.57. The second-order valence-electron chi connectivity index (χ2n) is 8.21. The van der Waals surface area contributed by atoms with Crippen LogP contribution < -0.4 is 14.8 Å². The number of ether oxygens (including phenoxy) is 2. The molecule has 0 fully saturated rings. The maximum atomic E-state index is 12.7. The predicted molar refractivity (Wildman–Crippen MR) is 112 cm³/mol. The van der Waals surface area contributed by atoms with Crippen LogP contribution in [0.15, 0.2) is 42.5 Å². The molecule has 2 rings (SSSR count). The number of methoxy groups -OCH3 is 1. The SMILES string of the molecule is COc1ccc(C)cc1C(=O)NCC(C)(C)c1ccc(OC(C)(C)C(=O)O)cc1. The molecule has 0 heterocycles. The van der Waals surface area contributed by atoms with Crippen LogP contribution in [0.2, 0.25) is 0 Å². The van der Waals surface area contributed by atoms with Gasteiger partial charge >= 0.3 is 5.97 Å². The standard InChI is InChI=1S/C23H29NO5/c1-15-7-12-19(28-6)18(13-15)20(25)24-14-22(2,3)16-8-10-17(11-9-16)29-23(4,5)21(26)27/h7-13H,14H2,1-6H3,(H,24,25)(H,26,27). The summed E-state index contributed by atoms with van der Waals surface area (Å²) < 4.78 is 10.8. The molecular weight excluding hydrogens is 370 g/mol. The number of nitrogens with one attached hydrogen (secondary N) is 1. The first-order valence-electron chi connectivity index (χ1n) is 9.42. The molecule has 0 aromatic heterocycles. The van der Waals surface area contributed by atoms with Crippen LogP contribution in [0, 0.1) is 6.92 Å². The van der Waals surface area contributed by atoms with Crippen molar-refractivity contribution in [2.45, 2.75) is 45.6 Å². The van der Waals surface area contributed by atoms with Gasteiger partial charge in [0.05, 0.1) is 12.7 Å². The van der Waals surface area contributed by atoms with Gasteiger partial charge in [0.2, 0.25) is 0 Å². The first kappa shape index (κ1) is 22.3. The highest BCUT2D eigenvalue weighted by Gasteiger charge is 2.29. The van der Waals surface area contributed by atoms with Gasteiger partial charge < -0.3 is 19.9 Å². The summed E-state index contributed by atoms with van der Waals surface area (Å²) >= 11 is 0. The van der Waals surface area contributed by atoms with Gasteiger partial charge in [0, 0.05) is 12.0 Å². The van der Waals surface area contributed by atoms with Crippen LogP contribution in [0.4, 0.5) is 0 Å². The Bertz CT molecular complexity index is 885. The zero-order chi connectivity index (χ0) is 21.8. The minimum Gasteiger partial charge on any atom is -0.496 e. The van der Waals surface area contributed by atoms with Crippen molar-refractivity contribution < 1.29 is 24.2 Å². The third-order valence-corrected chi connectivity index (χ3v) is 4.81. The van der Waals surface area contributed by atoms with E-state index in [1.807, 2.05) is 39.0 Å². The third-order valence-electron chi connectivity index (χ3n) is 4.81. The average molecular weight is 399 g/mol. The Balaban J connectivity index is 2.08. The molecule has 156 valence electrons. The summed E-state index contributed by atoms with van der Waals surface area (Å²) in [6.45, 7) is 9.40. The minimum absolute atomic E-state index is 0.193. The number of hydrogen-bond acceptors (Lipinski definition) is 4. The molecule has 0 aliphatic heterocycles. The number of amides is 1. The summed E-state index contributed by atoms with van der Waals surface area (Å²) in [5.41, 5.74) is 0.832. The molecule has 0 saturated heterocycles. The summed E-state index contributed by atoms with van der Waals surface area (Å²) in [6.07, 6.45) is 0. The highest BCUT2D eigenvalue weighted by molar-refractivity contribution is 5.97. The Morgan fingerprint density at radius 2 is 1.66 bits per heavy atom. The number of hydrogen-bond donors (Lipinski definition) is 2. The number of benzene rings is 2. The van der Waals surface area contributed by atoms with E-state index in [0.29, 0.717) is 23.6 Å². The number of carboxylic acid groups (broad SMARTS) is 1. The van der Waals surface area contributed by atoms with Gasteiger partial charge in [-0.3, -0.25) is 4.79 Å². The maximum Gasteiger partial charge on any atom is 0.347 e. The molecule has 1 amide bonds. The first-order valence-corrected chi connectivity index (χ1v) is 9.42. The molecule has 0 spiro atoms. The zero-order valence-electron chi connectivity index (χ0n) is 17.8. The Hall–Kier alpha value is -3.02. The number of aliphatic carboxylic acids is 1. The van der Waals surface area contributed by atoms with Crippen molar-refractivity contribution in [3.63, 3.8) is 0 Å². The number of carboxylic acids is 1. The molecule has 0 aliphatic rings. The van der Waals surface area contributed by atoms with E-state index in [1.54, 1.807) is 31.4 Å². The number of carbonyl (C=O) groups excluding carboxylic acids is 1. The molecule has 0 bridgehead atoms. The van der Waals surface area contributed by atoms with E-state index in [2.05, 4.69) is 5.32 Å². The number of carbonyl (C=O) groups is 2. The summed E-state index contributed by atoms with van der Waals surface area (Å²) in [6, 6.07) is 12.7. The Morgan fingerprint density at radius 3 is 2.21 bits per heavy atom. The fourth-order valence-electron chi connectivity index (χ4n) is 2.81. The zero-order valence-corrected chi connectivity index (χ0v) is 17.8. The van der Waals surface area contributed by atoms with Gasteiger partial charge in [-0.25, -0.2) is 4.79 Å².